The van der Waals surface area contributed by atoms with Gasteiger partial charge in [-0.1, -0.05) is 50.1 Å². The molecule has 17 heavy (non-hydrogen) atoms. The molecule has 0 saturated heterocycles. The maximum absolute atomic E-state index is 11.7. The second kappa shape index (κ2) is 6.86. The average Bonchev–Trinajstić information content (AvgIpc) is 2.34. The minimum absolute atomic E-state index is 0.388. The van der Waals surface area contributed by atoms with Crippen LogP contribution in [0.25, 0.3) is 6.08 Å². The molecule has 92 valence electrons. The van der Waals surface area contributed by atoms with E-state index in [1.807, 2.05) is 18.2 Å². The Kier molecular flexibility index (Phi) is 5.43. The molecule has 0 bridgehead atoms. The van der Waals surface area contributed by atoms with Gasteiger partial charge in [0.05, 0.1) is 0 Å². The summed E-state index contributed by atoms with van der Waals surface area (Å²) in [6.07, 6.45) is 7.31. The largest absolute Gasteiger partial charge is 0.286 e. The fraction of sp³-hybridized carbons (Fsp3) is 0.357. The third-order valence-electron chi connectivity index (χ3n) is 2.51. The maximum atomic E-state index is 11.7. The third-order valence-corrected chi connectivity index (χ3v) is 2.51. The molecular weight excluding hydrogens is 214 g/mol. The molecule has 0 spiro atoms. The van der Waals surface area contributed by atoms with Crippen molar-refractivity contribution in [2.24, 2.45) is 0 Å². The third kappa shape index (κ3) is 4.04. The first-order valence-electron chi connectivity index (χ1n) is 5.89. The molecule has 0 radical (unpaired) electrons. The quantitative estimate of drug-likeness (QED) is 0.481. The van der Waals surface area contributed by atoms with Crippen molar-refractivity contribution in [3.63, 3.8) is 0 Å². The SMILES string of the molecule is CCCCC=Cc1ccccc1C(=O)N(C)O. The van der Waals surface area contributed by atoms with Gasteiger partial charge in [0, 0.05) is 12.6 Å². The number of hydrogen-bond donors (Lipinski definition) is 1. The van der Waals surface area contributed by atoms with Gasteiger partial charge in [0.25, 0.3) is 5.91 Å². The maximum Gasteiger partial charge on any atom is 0.277 e. The topological polar surface area (TPSA) is 40.5 Å². The van der Waals surface area contributed by atoms with Gasteiger partial charge in [0.15, 0.2) is 0 Å². The Morgan fingerprint density at radius 2 is 2.12 bits per heavy atom. The lowest BCUT2D eigenvalue weighted by atomic mass is 10.1. The monoisotopic (exact) mass is 233 g/mol. The summed E-state index contributed by atoms with van der Waals surface area (Å²) in [6, 6.07) is 7.27. The Bertz CT molecular complexity index is 397. The minimum atomic E-state index is -0.388. The molecule has 0 aliphatic rings. The molecule has 1 aromatic carbocycles. The number of rotatable bonds is 5. The zero-order valence-electron chi connectivity index (χ0n) is 10.4. The molecule has 0 aromatic heterocycles. The number of carbonyl (C=O) groups is 1. The number of amides is 1. The van der Waals surface area contributed by atoms with Crippen molar-refractivity contribution in [1.82, 2.24) is 5.06 Å². The van der Waals surface area contributed by atoms with Crippen molar-refractivity contribution in [2.75, 3.05) is 7.05 Å². The minimum Gasteiger partial charge on any atom is -0.286 e. The highest BCUT2D eigenvalue weighted by molar-refractivity contribution is 5.96. The number of carbonyl (C=O) groups excluding carboxylic acids is 1. The molecular formula is C14H19NO2. The van der Waals surface area contributed by atoms with E-state index in [0.29, 0.717) is 10.6 Å². The molecule has 0 aliphatic carbocycles. The van der Waals surface area contributed by atoms with Gasteiger partial charge in [-0.3, -0.25) is 10.0 Å². The van der Waals surface area contributed by atoms with Gasteiger partial charge in [-0.15, -0.1) is 0 Å². The fourth-order valence-electron chi connectivity index (χ4n) is 1.54. The van der Waals surface area contributed by atoms with Crippen molar-refractivity contribution < 1.29 is 10.0 Å². The van der Waals surface area contributed by atoms with Crippen LogP contribution < -0.4 is 0 Å². The summed E-state index contributed by atoms with van der Waals surface area (Å²) in [5, 5.41) is 9.78. The first kappa shape index (κ1) is 13.5. The Morgan fingerprint density at radius 1 is 1.41 bits per heavy atom. The predicted octanol–water partition coefficient (Wildman–Crippen LogP) is 3.35. The molecule has 0 atom stereocenters. The molecule has 1 N–H and O–H groups in total. The Labute approximate surface area is 102 Å². The van der Waals surface area contributed by atoms with Gasteiger partial charge < -0.3 is 0 Å². The van der Waals surface area contributed by atoms with E-state index in [4.69, 9.17) is 5.21 Å². The number of unbranched alkanes of at least 4 members (excludes halogenated alkanes) is 2. The second-order valence-electron chi connectivity index (χ2n) is 3.96. The molecule has 0 saturated carbocycles. The molecule has 1 aromatic rings. The standard InChI is InChI=1S/C14H19NO2/c1-3-4-5-6-9-12-10-7-8-11-13(12)14(16)15(2)17/h6-11,17H,3-5H2,1-2H3. The summed E-state index contributed by atoms with van der Waals surface area (Å²) in [4.78, 5) is 11.7. The molecule has 0 unspecified atom stereocenters. The van der Waals surface area contributed by atoms with Crippen LogP contribution in [-0.4, -0.2) is 23.2 Å². The van der Waals surface area contributed by atoms with Crippen molar-refractivity contribution in [2.45, 2.75) is 26.2 Å². The molecule has 0 aliphatic heterocycles. The number of hydrogen-bond acceptors (Lipinski definition) is 2. The molecule has 0 fully saturated rings. The van der Waals surface area contributed by atoms with Gasteiger partial charge >= 0.3 is 0 Å². The zero-order valence-corrected chi connectivity index (χ0v) is 10.4. The van der Waals surface area contributed by atoms with Crippen molar-refractivity contribution >= 4 is 12.0 Å². The van der Waals surface area contributed by atoms with Crippen LogP contribution in [-0.2, 0) is 0 Å². The molecule has 3 heteroatoms. The van der Waals surface area contributed by atoms with Crippen molar-refractivity contribution in [1.29, 1.82) is 0 Å². The van der Waals surface area contributed by atoms with Crippen LogP contribution >= 0.6 is 0 Å². The van der Waals surface area contributed by atoms with Gasteiger partial charge in [0.2, 0.25) is 0 Å². The summed E-state index contributed by atoms with van der Waals surface area (Å²) in [7, 11) is 1.33. The number of nitrogens with zero attached hydrogens (tertiary/aromatic N) is 1. The van der Waals surface area contributed by atoms with E-state index in [0.717, 1.165) is 24.8 Å². The fourth-order valence-corrected chi connectivity index (χ4v) is 1.54. The lowest BCUT2D eigenvalue weighted by Gasteiger charge is -2.10. The normalized spacial score (nSPS) is 10.8. The summed E-state index contributed by atoms with van der Waals surface area (Å²) in [5.74, 6) is -0.388. The van der Waals surface area contributed by atoms with Crippen molar-refractivity contribution in [3.05, 3.63) is 41.5 Å². The second-order valence-corrected chi connectivity index (χ2v) is 3.96. The van der Waals surface area contributed by atoms with Crippen LogP contribution in [0.1, 0.15) is 42.1 Å². The van der Waals surface area contributed by atoms with E-state index in [1.165, 1.54) is 7.05 Å². The van der Waals surface area contributed by atoms with E-state index in [2.05, 4.69) is 13.0 Å². The van der Waals surface area contributed by atoms with Crippen LogP contribution in [0.15, 0.2) is 30.3 Å². The zero-order chi connectivity index (χ0) is 12.7. The Balaban J connectivity index is 2.85. The highest BCUT2D eigenvalue weighted by atomic mass is 16.5. The van der Waals surface area contributed by atoms with Gasteiger partial charge in [-0.25, -0.2) is 5.06 Å². The van der Waals surface area contributed by atoms with E-state index in [-0.39, 0.29) is 5.91 Å². The lowest BCUT2D eigenvalue weighted by Crippen LogP contribution is -2.23. The van der Waals surface area contributed by atoms with Crippen molar-refractivity contribution in [3.8, 4) is 0 Å². The van der Waals surface area contributed by atoms with Crippen LogP contribution in [0, 0.1) is 0 Å². The molecule has 1 rings (SSSR count). The van der Waals surface area contributed by atoms with E-state index in [1.54, 1.807) is 12.1 Å². The first-order valence-corrected chi connectivity index (χ1v) is 5.89. The van der Waals surface area contributed by atoms with Crippen LogP contribution in [0.2, 0.25) is 0 Å². The summed E-state index contributed by atoms with van der Waals surface area (Å²) < 4.78 is 0. The van der Waals surface area contributed by atoms with Gasteiger partial charge in [-0.05, 0) is 18.1 Å². The van der Waals surface area contributed by atoms with E-state index < -0.39 is 0 Å². The average molecular weight is 233 g/mol. The Hall–Kier alpha value is -1.61. The molecule has 1 amide bonds. The summed E-state index contributed by atoms with van der Waals surface area (Å²) >= 11 is 0. The molecule has 3 nitrogen and oxygen atoms in total. The van der Waals surface area contributed by atoms with E-state index in [9.17, 15) is 4.79 Å². The predicted molar refractivity (Wildman–Crippen MR) is 68.9 cm³/mol. The van der Waals surface area contributed by atoms with Crippen LogP contribution in [0.5, 0.6) is 0 Å². The lowest BCUT2D eigenvalue weighted by molar-refractivity contribution is -0.0375. The summed E-state index contributed by atoms with van der Waals surface area (Å²) in [6.45, 7) is 2.14. The first-order chi connectivity index (χ1) is 8.16. The number of benzene rings is 1. The number of allylic oxidation sites excluding steroid dienone is 1. The molecule has 0 heterocycles. The highest BCUT2D eigenvalue weighted by Gasteiger charge is 2.11. The van der Waals surface area contributed by atoms with Gasteiger partial charge in [-0.2, -0.15) is 0 Å². The van der Waals surface area contributed by atoms with E-state index >= 15 is 0 Å². The van der Waals surface area contributed by atoms with Crippen LogP contribution in [0.3, 0.4) is 0 Å². The highest BCUT2D eigenvalue weighted by Crippen LogP contribution is 2.13. The Morgan fingerprint density at radius 3 is 2.76 bits per heavy atom. The number of hydroxylamine groups is 2. The van der Waals surface area contributed by atoms with Crippen LogP contribution in [0.4, 0.5) is 0 Å². The summed E-state index contributed by atoms with van der Waals surface area (Å²) in [5.41, 5.74) is 1.36. The smallest absolute Gasteiger partial charge is 0.277 e. The van der Waals surface area contributed by atoms with Gasteiger partial charge in [0.1, 0.15) is 0 Å².